The van der Waals surface area contributed by atoms with Crippen LogP contribution in [0.15, 0.2) is 54.0 Å². The van der Waals surface area contributed by atoms with Gasteiger partial charge in [0.15, 0.2) is 0 Å². The van der Waals surface area contributed by atoms with E-state index in [1.54, 1.807) is 16.0 Å². The third kappa shape index (κ3) is 3.38. The predicted molar refractivity (Wildman–Crippen MR) is 95.3 cm³/mol. The van der Waals surface area contributed by atoms with Crippen LogP contribution in [0.25, 0.3) is 5.69 Å². The lowest BCUT2D eigenvalue weighted by Gasteiger charge is -2.25. The van der Waals surface area contributed by atoms with Crippen molar-refractivity contribution in [3.63, 3.8) is 0 Å². The number of amides is 1. The first-order valence-corrected chi connectivity index (χ1v) is 8.69. The smallest absolute Gasteiger partial charge is 0.228 e. The van der Waals surface area contributed by atoms with Crippen molar-refractivity contribution < 1.29 is 4.79 Å². The number of benzene rings is 1. The monoisotopic (exact) mass is 340 g/mol. The molecule has 0 fully saturated rings. The molecule has 6 heteroatoms. The number of nitrogens with zero attached hydrogens (tertiary/aromatic N) is 3. The van der Waals surface area contributed by atoms with E-state index in [1.807, 2.05) is 74.8 Å². The van der Waals surface area contributed by atoms with E-state index in [0.29, 0.717) is 0 Å². The van der Waals surface area contributed by atoms with Crippen molar-refractivity contribution in [2.75, 3.05) is 0 Å². The van der Waals surface area contributed by atoms with Crippen molar-refractivity contribution in [3.05, 3.63) is 64.6 Å². The molecule has 0 radical (unpaired) electrons. The molecule has 1 atom stereocenters. The van der Waals surface area contributed by atoms with Crippen LogP contribution in [0.5, 0.6) is 0 Å². The average Bonchev–Trinajstić information content (AvgIpc) is 3.26. The van der Waals surface area contributed by atoms with Crippen molar-refractivity contribution in [3.8, 4) is 5.69 Å². The molecule has 2 heterocycles. The van der Waals surface area contributed by atoms with Crippen LogP contribution in [0.2, 0.25) is 0 Å². The van der Waals surface area contributed by atoms with Crippen LogP contribution >= 0.6 is 11.3 Å². The fraction of sp³-hybridized carbons (Fsp3) is 0.278. The minimum Gasteiger partial charge on any atom is -0.345 e. The third-order valence-corrected chi connectivity index (χ3v) is 5.01. The lowest BCUT2D eigenvalue weighted by Crippen LogP contribution is -2.43. The zero-order valence-corrected chi connectivity index (χ0v) is 14.7. The summed E-state index contributed by atoms with van der Waals surface area (Å²) in [5, 5.41) is 13.5. The van der Waals surface area contributed by atoms with E-state index >= 15 is 0 Å². The Kier molecular flexibility index (Phi) is 4.49. The van der Waals surface area contributed by atoms with Crippen LogP contribution in [0.3, 0.4) is 0 Å². The number of hydrogen-bond donors (Lipinski definition) is 1. The van der Waals surface area contributed by atoms with Gasteiger partial charge in [-0.1, -0.05) is 29.5 Å². The molecule has 0 aliphatic heterocycles. The molecular formula is C18H20N4OS. The molecule has 0 saturated carbocycles. The van der Waals surface area contributed by atoms with Gasteiger partial charge in [-0.05, 0) is 44.4 Å². The number of hydrogen-bond acceptors (Lipinski definition) is 4. The number of carbonyl (C=O) groups is 1. The number of para-hydroxylation sites is 1. The molecule has 1 aromatic carbocycles. The fourth-order valence-electron chi connectivity index (χ4n) is 2.40. The Hall–Kier alpha value is -2.47. The summed E-state index contributed by atoms with van der Waals surface area (Å²) in [6.07, 6.45) is 1.85. The largest absolute Gasteiger partial charge is 0.345 e. The third-order valence-electron chi connectivity index (χ3n) is 3.95. The maximum atomic E-state index is 12.5. The molecular weight excluding hydrogens is 320 g/mol. The van der Waals surface area contributed by atoms with Gasteiger partial charge < -0.3 is 5.32 Å². The molecule has 0 bridgehead atoms. The van der Waals surface area contributed by atoms with E-state index in [-0.39, 0.29) is 11.8 Å². The maximum Gasteiger partial charge on any atom is 0.228 e. The first-order chi connectivity index (χ1) is 11.5. The highest BCUT2D eigenvalue weighted by molar-refractivity contribution is 7.10. The summed E-state index contributed by atoms with van der Waals surface area (Å²) in [5.41, 5.74) is 1.05. The Morgan fingerprint density at radius 2 is 1.96 bits per heavy atom. The van der Waals surface area contributed by atoms with Gasteiger partial charge in [-0.2, -0.15) is 0 Å². The van der Waals surface area contributed by atoms with Gasteiger partial charge in [-0.15, -0.1) is 16.4 Å². The molecule has 124 valence electrons. The number of rotatable bonds is 5. The lowest BCUT2D eigenvalue weighted by molar-refractivity contribution is -0.123. The van der Waals surface area contributed by atoms with Gasteiger partial charge in [0, 0.05) is 4.88 Å². The minimum absolute atomic E-state index is 0.0169. The molecule has 1 unspecified atom stereocenters. The highest BCUT2D eigenvalue weighted by Gasteiger charge is 2.29. The first-order valence-electron chi connectivity index (χ1n) is 7.81. The summed E-state index contributed by atoms with van der Waals surface area (Å²) < 4.78 is 1.71. The summed E-state index contributed by atoms with van der Waals surface area (Å²) >= 11 is 1.59. The zero-order chi connectivity index (χ0) is 17.2. The van der Waals surface area contributed by atoms with Crippen LogP contribution < -0.4 is 5.32 Å². The molecule has 1 amide bonds. The molecule has 0 aliphatic rings. The number of thiophene rings is 1. The van der Waals surface area contributed by atoms with Gasteiger partial charge >= 0.3 is 0 Å². The molecule has 2 aromatic heterocycles. The second kappa shape index (κ2) is 6.57. The van der Waals surface area contributed by atoms with Gasteiger partial charge in [-0.3, -0.25) is 4.79 Å². The zero-order valence-electron chi connectivity index (χ0n) is 13.9. The second-order valence-electron chi connectivity index (χ2n) is 6.24. The van der Waals surface area contributed by atoms with Crippen LogP contribution in [0.4, 0.5) is 0 Å². The van der Waals surface area contributed by atoms with E-state index in [1.165, 1.54) is 0 Å². The molecule has 0 spiro atoms. The molecule has 0 aliphatic carbocycles. The first kappa shape index (κ1) is 16.4. The van der Waals surface area contributed by atoms with Crippen LogP contribution in [0, 0.1) is 0 Å². The van der Waals surface area contributed by atoms with Crippen LogP contribution in [-0.4, -0.2) is 20.9 Å². The minimum atomic E-state index is -0.602. The number of nitrogens with one attached hydrogen (secondary N) is 1. The number of carbonyl (C=O) groups excluding carboxylic acids is 1. The molecule has 24 heavy (non-hydrogen) atoms. The van der Waals surface area contributed by atoms with Crippen molar-refractivity contribution >= 4 is 17.2 Å². The van der Waals surface area contributed by atoms with Gasteiger partial charge in [0.2, 0.25) is 5.91 Å². The van der Waals surface area contributed by atoms with Crippen LogP contribution in [-0.2, 0) is 10.3 Å². The van der Waals surface area contributed by atoms with E-state index < -0.39 is 5.54 Å². The van der Waals surface area contributed by atoms with E-state index in [0.717, 1.165) is 16.3 Å². The van der Waals surface area contributed by atoms with E-state index in [2.05, 4.69) is 15.6 Å². The SMILES string of the molecule is CC(C(=O)NC(C)(C)c1cn(-c2ccccc2)nn1)c1cccs1. The maximum absolute atomic E-state index is 12.5. The van der Waals surface area contributed by atoms with E-state index in [4.69, 9.17) is 0 Å². The Morgan fingerprint density at radius 3 is 2.62 bits per heavy atom. The van der Waals surface area contributed by atoms with E-state index in [9.17, 15) is 4.79 Å². The summed E-state index contributed by atoms with van der Waals surface area (Å²) in [5.74, 6) is -0.204. The highest BCUT2D eigenvalue weighted by Crippen LogP contribution is 2.24. The molecule has 3 aromatic rings. The normalized spacial score (nSPS) is 12.8. The Balaban J connectivity index is 1.76. The topological polar surface area (TPSA) is 59.8 Å². The quantitative estimate of drug-likeness (QED) is 0.773. The van der Waals surface area contributed by atoms with Crippen molar-refractivity contribution in [1.82, 2.24) is 20.3 Å². The molecule has 5 nitrogen and oxygen atoms in total. The van der Waals surface area contributed by atoms with Gasteiger partial charge in [-0.25, -0.2) is 4.68 Å². The summed E-state index contributed by atoms with van der Waals surface area (Å²) in [4.78, 5) is 13.6. The van der Waals surface area contributed by atoms with Gasteiger partial charge in [0.05, 0.1) is 23.3 Å². The van der Waals surface area contributed by atoms with Gasteiger partial charge in [0.25, 0.3) is 0 Å². The number of aromatic nitrogens is 3. The van der Waals surface area contributed by atoms with Crippen molar-refractivity contribution in [1.29, 1.82) is 0 Å². The summed E-state index contributed by atoms with van der Waals surface area (Å²) in [6, 6.07) is 13.7. The highest BCUT2D eigenvalue weighted by atomic mass is 32.1. The van der Waals surface area contributed by atoms with Crippen molar-refractivity contribution in [2.45, 2.75) is 32.2 Å². The standard InChI is InChI=1S/C18H20N4OS/c1-13(15-10-7-11-24-15)17(23)19-18(2,3)16-12-22(21-20-16)14-8-5-4-6-9-14/h4-13H,1-3H3,(H,19,23). The summed E-state index contributed by atoms with van der Waals surface area (Å²) in [7, 11) is 0. The molecule has 0 saturated heterocycles. The average molecular weight is 340 g/mol. The van der Waals surface area contributed by atoms with Crippen molar-refractivity contribution in [2.24, 2.45) is 0 Å². The fourth-order valence-corrected chi connectivity index (χ4v) is 3.19. The molecule has 1 N–H and O–H groups in total. The lowest BCUT2D eigenvalue weighted by atomic mass is 9.99. The van der Waals surface area contributed by atoms with Crippen LogP contribution in [0.1, 0.15) is 37.3 Å². The van der Waals surface area contributed by atoms with Gasteiger partial charge in [0.1, 0.15) is 5.69 Å². The Morgan fingerprint density at radius 1 is 1.21 bits per heavy atom. The molecule has 3 rings (SSSR count). The second-order valence-corrected chi connectivity index (χ2v) is 7.21. The Labute approximate surface area is 145 Å². The summed E-state index contributed by atoms with van der Waals surface area (Å²) in [6.45, 7) is 5.79. The predicted octanol–water partition coefficient (Wildman–Crippen LogP) is 3.48. The Bertz CT molecular complexity index is 809.